The first kappa shape index (κ1) is 18.6. The molecule has 0 saturated carbocycles. The molecule has 1 heterocycles. The van der Waals surface area contributed by atoms with Gasteiger partial charge in [-0.25, -0.2) is 0 Å². The molecule has 0 aliphatic heterocycles. The minimum Gasteiger partial charge on any atom is -0.505 e. The van der Waals surface area contributed by atoms with Gasteiger partial charge in [0.2, 0.25) is 5.88 Å². The molecule has 3 rings (SSSR count). The van der Waals surface area contributed by atoms with Gasteiger partial charge in [0.1, 0.15) is 11.3 Å². The van der Waals surface area contributed by atoms with Crippen LogP contribution in [0.5, 0.6) is 11.6 Å². The van der Waals surface area contributed by atoms with Gasteiger partial charge in [0.15, 0.2) is 0 Å². The number of aromatic hydroxyl groups is 2. The number of benzene rings is 2. The van der Waals surface area contributed by atoms with Crippen LogP contribution in [0, 0.1) is 13.8 Å². The van der Waals surface area contributed by atoms with Crippen LogP contribution < -0.4 is 5.32 Å². The van der Waals surface area contributed by atoms with E-state index in [9.17, 15) is 15.0 Å². The van der Waals surface area contributed by atoms with E-state index in [1.807, 2.05) is 50.2 Å². The summed E-state index contributed by atoms with van der Waals surface area (Å²) in [6, 6.07) is 13.2. The second-order valence-electron chi connectivity index (χ2n) is 7.09. The predicted molar refractivity (Wildman–Crippen MR) is 107 cm³/mol. The van der Waals surface area contributed by atoms with Crippen molar-refractivity contribution < 1.29 is 15.0 Å². The minimum absolute atomic E-state index is 0.150. The summed E-state index contributed by atoms with van der Waals surface area (Å²) in [5.74, 6) is -0.806. The first-order valence-electron chi connectivity index (χ1n) is 8.90. The zero-order chi connectivity index (χ0) is 19.7. The Balaban J connectivity index is 1.93. The summed E-state index contributed by atoms with van der Waals surface area (Å²) >= 11 is 0. The number of aryl methyl sites for hydroxylation is 2. The van der Waals surface area contributed by atoms with Crippen molar-refractivity contribution in [3.8, 4) is 17.3 Å². The quantitative estimate of drug-likeness (QED) is 0.617. The smallest absolute Gasteiger partial charge is 0.264 e. The lowest BCUT2D eigenvalue weighted by Gasteiger charge is -2.10. The van der Waals surface area contributed by atoms with Gasteiger partial charge in [0, 0.05) is 11.4 Å². The molecular formula is C22H24N2O3. The van der Waals surface area contributed by atoms with Crippen molar-refractivity contribution in [2.75, 3.05) is 5.32 Å². The second-order valence-corrected chi connectivity index (χ2v) is 7.09. The number of carbonyl (C=O) groups is 1. The largest absolute Gasteiger partial charge is 0.505 e. The summed E-state index contributed by atoms with van der Waals surface area (Å²) < 4.78 is 1.40. The monoisotopic (exact) mass is 364 g/mol. The highest BCUT2D eigenvalue weighted by atomic mass is 16.3. The van der Waals surface area contributed by atoms with E-state index in [0.717, 1.165) is 16.7 Å². The SMILES string of the molecule is Cc1ccc(-n2cc(O)c(C(=O)Nc3cccc(C(C)C)c3)c2O)cc1C. The highest BCUT2D eigenvalue weighted by Gasteiger charge is 2.23. The van der Waals surface area contributed by atoms with Gasteiger partial charge in [0.05, 0.1) is 6.20 Å². The fourth-order valence-electron chi connectivity index (χ4n) is 2.94. The molecule has 3 aromatic rings. The lowest BCUT2D eigenvalue weighted by atomic mass is 10.0. The molecule has 0 unspecified atom stereocenters. The van der Waals surface area contributed by atoms with E-state index in [0.29, 0.717) is 17.3 Å². The Labute approximate surface area is 158 Å². The Morgan fingerprint density at radius 2 is 1.78 bits per heavy atom. The molecule has 0 saturated heterocycles. The maximum atomic E-state index is 12.7. The van der Waals surface area contributed by atoms with Gasteiger partial charge in [-0.05, 0) is 60.7 Å². The first-order chi connectivity index (χ1) is 12.8. The average molecular weight is 364 g/mol. The van der Waals surface area contributed by atoms with Gasteiger partial charge < -0.3 is 15.5 Å². The maximum Gasteiger partial charge on any atom is 0.264 e. The van der Waals surface area contributed by atoms with E-state index in [-0.39, 0.29) is 17.2 Å². The van der Waals surface area contributed by atoms with Crippen LogP contribution in [0.4, 0.5) is 5.69 Å². The average Bonchev–Trinajstić information content (AvgIpc) is 2.92. The highest BCUT2D eigenvalue weighted by molar-refractivity contribution is 6.08. The van der Waals surface area contributed by atoms with Crippen molar-refractivity contribution in [2.24, 2.45) is 0 Å². The molecule has 0 spiro atoms. The van der Waals surface area contributed by atoms with Crippen LogP contribution in [0.1, 0.15) is 46.8 Å². The molecule has 0 aliphatic rings. The fourth-order valence-corrected chi connectivity index (χ4v) is 2.94. The van der Waals surface area contributed by atoms with Crippen LogP contribution in [0.2, 0.25) is 0 Å². The predicted octanol–water partition coefficient (Wildman–Crippen LogP) is 4.88. The van der Waals surface area contributed by atoms with Crippen molar-refractivity contribution in [1.29, 1.82) is 0 Å². The van der Waals surface area contributed by atoms with Crippen LogP contribution in [-0.2, 0) is 0 Å². The van der Waals surface area contributed by atoms with Crippen molar-refractivity contribution >= 4 is 11.6 Å². The second kappa shape index (κ2) is 7.19. The molecule has 27 heavy (non-hydrogen) atoms. The Morgan fingerprint density at radius 1 is 1.04 bits per heavy atom. The maximum absolute atomic E-state index is 12.7. The van der Waals surface area contributed by atoms with Crippen molar-refractivity contribution in [1.82, 2.24) is 4.57 Å². The molecule has 0 fully saturated rings. The normalized spacial score (nSPS) is 11.0. The molecule has 0 radical (unpaired) electrons. The van der Waals surface area contributed by atoms with Gasteiger partial charge in [-0.15, -0.1) is 0 Å². The van der Waals surface area contributed by atoms with Gasteiger partial charge in [0.25, 0.3) is 5.91 Å². The number of nitrogens with one attached hydrogen (secondary N) is 1. The summed E-state index contributed by atoms with van der Waals surface area (Å²) in [6.45, 7) is 8.11. The lowest BCUT2D eigenvalue weighted by Crippen LogP contribution is -2.12. The summed E-state index contributed by atoms with van der Waals surface area (Å²) in [7, 11) is 0. The zero-order valence-corrected chi connectivity index (χ0v) is 15.9. The standard InChI is InChI=1S/C22H24N2O3/c1-13(2)16-6-5-7-17(11-16)23-21(26)20-19(25)12-24(22(20)27)18-9-8-14(3)15(4)10-18/h5-13,25,27H,1-4H3,(H,23,26). The summed E-state index contributed by atoms with van der Waals surface area (Å²) in [5.41, 5.74) is 4.40. The number of nitrogens with zero attached hydrogens (tertiary/aromatic N) is 1. The van der Waals surface area contributed by atoms with Gasteiger partial charge in [-0.3, -0.25) is 9.36 Å². The van der Waals surface area contributed by atoms with E-state index in [1.165, 1.54) is 10.8 Å². The summed E-state index contributed by atoms with van der Waals surface area (Å²) in [6.07, 6.45) is 1.35. The molecule has 0 atom stereocenters. The molecule has 5 nitrogen and oxygen atoms in total. The van der Waals surface area contributed by atoms with Crippen LogP contribution in [0.15, 0.2) is 48.7 Å². The number of rotatable bonds is 4. The number of hydrogen-bond donors (Lipinski definition) is 3. The van der Waals surface area contributed by atoms with Crippen molar-refractivity contribution in [3.05, 3.63) is 70.9 Å². The van der Waals surface area contributed by atoms with Crippen LogP contribution in [0.3, 0.4) is 0 Å². The third-order valence-electron chi connectivity index (χ3n) is 4.77. The van der Waals surface area contributed by atoms with Crippen LogP contribution >= 0.6 is 0 Å². The number of hydrogen-bond acceptors (Lipinski definition) is 3. The van der Waals surface area contributed by atoms with E-state index < -0.39 is 5.91 Å². The van der Waals surface area contributed by atoms with Gasteiger partial charge in [-0.1, -0.05) is 32.0 Å². The Morgan fingerprint density at radius 3 is 2.44 bits per heavy atom. The first-order valence-corrected chi connectivity index (χ1v) is 8.90. The minimum atomic E-state index is -0.562. The molecular weight excluding hydrogens is 340 g/mol. The molecule has 140 valence electrons. The fraction of sp³-hybridized carbons (Fsp3) is 0.227. The third-order valence-corrected chi connectivity index (χ3v) is 4.77. The molecule has 3 N–H and O–H groups in total. The Kier molecular flexibility index (Phi) is 4.95. The molecule has 0 aliphatic carbocycles. The van der Waals surface area contributed by atoms with E-state index in [4.69, 9.17) is 0 Å². The molecule has 1 amide bonds. The Bertz CT molecular complexity index is 1000. The molecule has 5 heteroatoms. The number of amides is 1. The van der Waals surface area contributed by atoms with Crippen molar-refractivity contribution in [3.63, 3.8) is 0 Å². The van der Waals surface area contributed by atoms with Gasteiger partial charge in [-0.2, -0.15) is 0 Å². The Hall–Kier alpha value is -3.21. The lowest BCUT2D eigenvalue weighted by molar-refractivity contribution is 0.102. The van der Waals surface area contributed by atoms with E-state index in [1.54, 1.807) is 6.07 Å². The topological polar surface area (TPSA) is 74.5 Å². The number of carbonyl (C=O) groups excluding carboxylic acids is 1. The molecule has 2 aromatic carbocycles. The summed E-state index contributed by atoms with van der Waals surface area (Å²) in [5, 5.41) is 23.6. The van der Waals surface area contributed by atoms with Crippen LogP contribution in [0.25, 0.3) is 5.69 Å². The highest BCUT2D eigenvalue weighted by Crippen LogP contribution is 2.33. The molecule has 0 bridgehead atoms. The number of aromatic nitrogens is 1. The van der Waals surface area contributed by atoms with E-state index in [2.05, 4.69) is 19.2 Å². The third kappa shape index (κ3) is 3.67. The van der Waals surface area contributed by atoms with Crippen LogP contribution in [-0.4, -0.2) is 20.7 Å². The van der Waals surface area contributed by atoms with Crippen molar-refractivity contribution in [2.45, 2.75) is 33.6 Å². The number of anilines is 1. The van der Waals surface area contributed by atoms with Gasteiger partial charge >= 0.3 is 0 Å². The molecule has 1 aromatic heterocycles. The summed E-state index contributed by atoms with van der Waals surface area (Å²) in [4.78, 5) is 12.7. The zero-order valence-electron chi connectivity index (χ0n) is 15.9. The van der Waals surface area contributed by atoms with E-state index >= 15 is 0 Å².